The summed E-state index contributed by atoms with van der Waals surface area (Å²) in [6.07, 6.45) is 0. The molecule has 0 spiro atoms. The summed E-state index contributed by atoms with van der Waals surface area (Å²) in [5.74, 6) is 0. The monoisotopic (exact) mass is 508 g/mol. The Bertz CT molecular complexity index is 1380. The standard InChI is InChI=1S/C15H10Cl2N4O4S4/c16-8-1-3-10-12(5-8)26-14(19-10)21(29(24,25)7-28(18,22)23)15-20-11-4-2-9(17)6-13(11)27-15/h1-6H,7H2,(H2,18,22,23). The maximum absolute atomic E-state index is 13.0. The Morgan fingerprint density at radius 3 is 1.72 bits per heavy atom. The molecule has 0 amide bonds. The molecule has 0 aliphatic carbocycles. The summed E-state index contributed by atoms with van der Waals surface area (Å²) in [5, 5.41) is 4.67. The van der Waals surface area contributed by atoms with Crippen molar-refractivity contribution in [3.8, 4) is 0 Å². The highest BCUT2D eigenvalue weighted by Crippen LogP contribution is 2.40. The normalized spacial score (nSPS) is 12.7. The van der Waals surface area contributed by atoms with Gasteiger partial charge in [-0.05, 0) is 36.4 Å². The minimum Gasteiger partial charge on any atom is -0.228 e. The van der Waals surface area contributed by atoms with Gasteiger partial charge < -0.3 is 0 Å². The predicted octanol–water partition coefficient (Wildman–Crippen LogP) is 3.93. The van der Waals surface area contributed by atoms with Gasteiger partial charge in [-0.2, -0.15) is 4.31 Å². The number of fused-ring (bicyclic) bond motifs is 2. The minimum atomic E-state index is -4.45. The first kappa shape index (κ1) is 20.7. The molecule has 0 saturated heterocycles. The number of nitrogens with two attached hydrogens (primary N) is 1. The topological polar surface area (TPSA) is 123 Å². The van der Waals surface area contributed by atoms with Gasteiger partial charge in [-0.15, -0.1) is 0 Å². The van der Waals surface area contributed by atoms with Crippen LogP contribution in [-0.4, -0.2) is 31.9 Å². The van der Waals surface area contributed by atoms with Gasteiger partial charge in [-0.3, -0.25) is 0 Å². The van der Waals surface area contributed by atoms with Gasteiger partial charge >= 0.3 is 0 Å². The first-order valence-corrected chi connectivity index (χ1v) is 13.4. The molecule has 2 aromatic heterocycles. The molecule has 14 heteroatoms. The summed E-state index contributed by atoms with van der Waals surface area (Å²) < 4.78 is 51.1. The van der Waals surface area contributed by atoms with Crippen molar-refractivity contribution in [1.29, 1.82) is 0 Å². The van der Waals surface area contributed by atoms with Crippen LogP contribution in [0.4, 0.5) is 10.3 Å². The second-order valence-electron chi connectivity index (χ2n) is 5.87. The maximum atomic E-state index is 13.0. The van der Waals surface area contributed by atoms with E-state index in [4.69, 9.17) is 28.3 Å². The van der Waals surface area contributed by atoms with Gasteiger partial charge in [0.05, 0.1) is 20.4 Å². The van der Waals surface area contributed by atoms with Crippen LogP contribution in [-0.2, 0) is 20.0 Å². The fraction of sp³-hybridized carbons (Fsp3) is 0.0667. The van der Waals surface area contributed by atoms with Gasteiger partial charge in [0.15, 0.2) is 5.08 Å². The Balaban J connectivity index is 1.94. The van der Waals surface area contributed by atoms with Crippen LogP contribution in [0.25, 0.3) is 20.4 Å². The highest BCUT2D eigenvalue weighted by atomic mass is 35.5. The lowest BCUT2D eigenvalue weighted by Crippen LogP contribution is -2.34. The van der Waals surface area contributed by atoms with Crippen molar-refractivity contribution in [2.45, 2.75) is 0 Å². The number of aromatic nitrogens is 2. The van der Waals surface area contributed by atoms with Gasteiger partial charge in [0, 0.05) is 10.0 Å². The zero-order chi connectivity index (χ0) is 21.0. The Kier molecular flexibility index (Phi) is 5.22. The maximum Gasteiger partial charge on any atom is 0.259 e. The average Bonchev–Trinajstić information content (AvgIpc) is 3.15. The average molecular weight is 509 g/mol. The van der Waals surface area contributed by atoms with Crippen molar-refractivity contribution in [2.24, 2.45) is 5.14 Å². The van der Waals surface area contributed by atoms with Crippen molar-refractivity contribution in [3.63, 3.8) is 0 Å². The Morgan fingerprint density at radius 1 is 0.862 bits per heavy atom. The lowest BCUT2D eigenvalue weighted by molar-refractivity contribution is 0.590. The smallest absolute Gasteiger partial charge is 0.228 e. The van der Waals surface area contributed by atoms with E-state index in [0.717, 1.165) is 27.0 Å². The van der Waals surface area contributed by atoms with Crippen LogP contribution < -0.4 is 9.44 Å². The molecule has 8 nitrogen and oxygen atoms in total. The Labute approximate surface area is 183 Å². The van der Waals surface area contributed by atoms with Crippen LogP contribution in [0.5, 0.6) is 0 Å². The predicted molar refractivity (Wildman–Crippen MR) is 118 cm³/mol. The number of anilines is 2. The third-order valence-electron chi connectivity index (χ3n) is 3.62. The van der Waals surface area contributed by atoms with E-state index < -0.39 is 25.1 Å². The van der Waals surface area contributed by atoms with E-state index in [0.29, 0.717) is 30.5 Å². The van der Waals surface area contributed by atoms with Crippen LogP contribution in [0.15, 0.2) is 36.4 Å². The highest BCUT2D eigenvalue weighted by molar-refractivity contribution is 8.08. The molecular weight excluding hydrogens is 499 g/mol. The molecule has 0 atom stereocenters. The molecule has 2 heterocycles. The number of halogens is 2. The molecule has 0 aliphatic heterocycles. The van der Waals surface area contributed by atoms with E-state index in [1.165, 1.54) is 0 Å². The van der Waals surface area contributed by atoms with Gasteiger partial charge in [-0.25, -0.2) is 31.9 Å². The fourth-order valence-electron chi connectivity index (χ4n) is 2.53. The number of nitrogens with zero attached hydrogens (tertiary/aromatic N) is 3. The number of rotatable bonds is 5. The number of hydrogen-bond donors (Lipinski definition) is 1. The van der Waals surface area contributed by atoms with E-state index in [1.807, 2.05) is 0 Å². The van der Waals surface area contributed by atoms with Crippen LogP contribution in [0.3, 0.4) is 0 Å². The number of thiazole rings is 2. The van der Waals surface area contributed by atoms with Gasteiger partial charge in [-0.1, -0.05) is 45.9 Å². The Hall–Kier alpha value is -1.54. The van der Waals surface area contributed by atoms with E-state index in [-0.39, 0.29) is 10.3 Å². The summed E-state index contributed by atoms with van der Waals surface area (Å²) >= 11 is 14.1. The first-order valence-electron chi connectivity index (χ1n) is 7.67. The number of hydrogen-bond acceptors (Lipinski definition) is 8. The molecule has 29 heavy (non-hydrogen) atoms. The van der Waals surface area contributed by atoms with Gasteiger partial charge in [0.1, 0.15) is 0 Å². The number of benzene rings is 2. The van der Waals surface area contributed by atoms with E-state index >= 15 is 0 Å². The molecule has 4 rings (SSSR count). The van der Waals surface area contributed by atoms with E-state index in [2.05, 4.69) is 9.97 Å². The molecule has 0 fully saturated rings. The molecule has 2 N–H and O–H groups in total. The van der Waals surface area contributed by atoms with Gasteiger partial charge in [0.25, 0.3) is 10.0 Å². The highest BCUT2D eigenvalue weighted by Gasteiger charge is 2.33. The minimum absolute atomic E-state index is 0.0241. The van der Waals surface area contributed by atoms with Crippen molar-refractivity contribution < 1.29 is 16.8 Å². The number of sulfonamides is 2. The molecular formula is C15H10Cl2N4O4S4. The fourth-order valence-corrected chi connectivity index (χ4v) is 8.43. The molecule has 0 radical (unpaired) electrons. The summed E-state index contributed by atoms with van der Waals surface area (Å²) in [7, 11) is -8.79. The van der Waals surface area contributed by atoms with Crippen molar-refractivity contribution in [3.05, 3.63) is 46.4 Å². The zero-order valence-electron chi connectivity index (χ0n) is 14.1. The molecule has 4 aromatic rings. The SMILES string of the molecule is NS(=O)(=O)CS(=O)(=O)N(c1nc2ccc(Cl)cc2s1)c1nc2ccc(Cl)cc2s1. The second-order valence-corrected chi connectivity index (χ2v) is 12.6. The van der Waals surface area contributed by atoms with Crippen LogP contribution in [0.2, 0.25) is 10.0 Å². The lowest BCUT2D eigenvalue weighted by Gasteiger charge is -2.17. The summed E-state index contributed by atoms with van der Waals surface area (Å²) in [6.45, 7) is 0. The van der Waals surface area contributed by atoms with Crippen LogP contribution in [0, 0.1) is 0 Å². The van der Waals surface area contributed by atoms with Crippen molar-refractivity contribution in [2.75, 3.05) is 9.39 Å². The molecule has 0 unspecified atom stereocenters. The molecule has 0 saturated carbocycles. The summed E-state index contributed by atoms with van der Waals surface area (Å²) in [6, 6.07) is 9.80. The lowest BCUT2D eigenvalue weighted by atomic mass is 10.3. The van der Waals surface area contributed by atoms with Crippen molar-refractivity contribution in [1.82, 2.24) is 9.97 Å². The third kappa shape index (κ3) is 4.33. The van der Waals surface area contributed by atoms with E-state index in [1.54, 1.807) is 36.4 Å². The second kappa shape index (κ2) is 7.30. The van der Waals surface area contributed by atoms with Crippen LogP contribution in [0.1, 0.15) is 0 Å². The van der Waals surface area contributed by atoms with Crippen LogP contribution >= 0.6 is 45.9 Å². The summed E-state index contributed by atoms with van der Waals surface area (Å²) in [4.78, 5) is 8.65. The molecule has 2 aromatic carbocycles. The quantitative estimate of drug-likeness (QED) is 0.435. The molecule has 0 bridgehead atoms. The largest absolute Gasteiger partial charge is 0.259 e. The molecule has 152 valence electrons. The van der Waals surface area contributed by atoms with Crippen molar-refractivity contribution >= 4 is 96.6 Å². The number of primary sulfonamides is 1. The molecule has 0 aliphatic rings. The Morgan fingerprint density at radius 2 is 1.31 bits per heavy atom. The van der Waals surface area contributed by atoms with E-state index in [9.17, 15) is 16.8 Å². The first-order chi connectivity index (χ1) is 13.5. The van der Waals surface area contributed by atoms with Gasteiger partial charge in [0.2, 0.25) is 20.3 Å². The zero-order valence-corrected chi connectivity index (χ0v) is 18.9. The summed E-state index contributed by atoms with van der Waals surface area (Å²) in [5.41, 5.74) is 1.02. The third-order valence-corrected chi connectivity index (χ3v) is 9.73.